The van der Waals surface area contributed by atoms with E-state index >= 15 is 0 Å². The molecular formula is C32H52O7Si. The molecule has 1 aromatic rings. The second-order valence-electron chi connectivity index (χ2n) is 12.9. The Hall–Kier alpha value is -1.42. The summed E-state index contributed by atoms with van der Waals surface area (Å²) >= 11 is 0. The molecule has 40 heavy (non-hydrogen) atoms. The van der Waals surface area contributed by atoms with Gasteiger partial charge in [0.1, 0.15) is 23.7 Å². The first-order valence-electron chi connectivity index (χ1n) is 15.2. The Labute approximate surface area is 242 Å². The minimum atomic E-state index is -1.44. The van der Waals surface area contributed by atoms with Crippen molar-refractivity contribution in [2.45, 2.75) is 128 Å². The lowest BCUT2D eigenvalue weighted by Gasteiger charge is -2.26. The maximum absolute atomic E-state index is 6.68. The zero-order valence-corrected chi connectivity index (χ0v) is 26.8. The van der Waals surface area contributed by atoms with Crippen LogP contribution in [0.1, 0.15) is 70.8 Å². The second-order valence-corrected chi connectivity index (χ2v) is 18.1. The Morgan fingerprint density at radius 3 is 2.55 bits per heavy atom. The fourth-order valence-corrected chi connectivity index (χ4v) is 7.71. The molecule has 3 fully saturated rings. The minimum Gasteiger partial charge on any atom is -0.497 e. The Kier molecular flexibility index (Phi) is 11.2. The molecule has 0 spiro atoms. The quantitative estimate of drug-likeness (QED) is 0.239. The van der Waals surface area contributed by atoms with E-state index in [1.165, 1.54) is 19.3 Å². The molecule has 3 heterocycles. The predicted molar refractivity (Wildman–Crippen MR) is 160 cm³/mol. The third-order valence-electron chi connectivity index (χ3n) is 8.41. The van der Waals surface area contributed by atoms with E-state index in [0.29, 0.717) is 19.3 Å². The van der Waals surface area contributed by atoms with E-state index in [2.05, 4.69) is 25.7 Å². The largest absolute Gasteiger partial charge is 0.497 e. The molecule has 1 unspecified atom stereocenters. The lowest BCUT2D eigenvalue weighted by Crippen LogP contribution is -2.38. The van der Waals surface area contributed by atoms with Gasteiger partial charge in [-0.05, 0) is 70.9 Å². The predicted octanol–water partition coefficient (Wildman–Crippen LogP) is 6.83. The number of benzene rings is 1. The molecule has 1 aromatic carbocycles. The summed E-state index contributed by atoms with van der Waals surface area (Å²) in [5.41, 5.74) is 0.986. The van der Waals surface area contributed by atoms with Crippen molar-refractivity contribution >= 4 is 8.07 Å². The van der Waals surface area contributed by atoms with E-state index in [1.807, 2.05) is 32.0 Å². The van der Waals surface area contributed by atoms with Crippen LogP contribution >= 0.6 is 0 Å². The molecule has 0 amide bonds. The summed E-state index contributed by atoms with van der Waals surface area (Å²) in [6.07, 6.45) is 11.6. The van der Waals surface area contributed by atoms with Crippen molar-refractivity contribution in [1.82, 2.24) is 0 Å². The number of methoxy groups -OCH3 is 2. The molecule has 0 aliphatic carbocycles. The monoisotopic (exact) mass is 576 g/mol. The van der Waals surface area contributed by atoms with Gasteiger partial charge in [-0.25, -0.2) is 0 Å². The van der Waals surface area contributed by atoms with Crippen LogP contribution in [0.4, 0.5) is 0 Å². The maximum Gasteiger partial charge on any atom is 0.163 e. The maximum atomic E-state index is 6.68. The number of hydrogen-bond acceptors (Lipinski definition) is 7. The zero-order chi connectivity index (χ0) is 28.8. The van der Waals surface area contributed by atoms with Crippen LogP contribution in [0.5, 0.6) is 11.5 Å². The van der Waals surface area contributed by atoms with Gasteiger partial charge in [0.05, 0.1) is 53.8 Å². The van der Waals surface area contributed by atoms with Gasteiger partial charge in [0.25, 0.3) is 0 Å². The van der Waals surface area contributed by atoms with E-state index in [4.69, 9.17) is 33.2 Å². The summed E-state index contributed by atoms with van der Waals surface area (Å²) in [5.74, 6) is 0.918. The Morgan fingerprint density at radius 1 is 1.07 bits per heavy atom. The van der Waals surface area contributed by atoms with Crippen LogP contribution in [0, 0.1) is 0 Å². The number of rotatable bonds is 13. The summed E-state index contributed by atoms with van der Waals surface area (Å²) in [7, 11) is 1.89. The number of ether oxygens (including phenoxy) is 7. The summed E-state index contributed by atoms with van der Waals surface area (Å²) in [6.45, 7) is 13.2. The molecule has 0 N–H and O–H groups in total. The minimum absolute atomic E-state index is 0.0814. The van der Waals surface area contributed by atoms with Gasteiger partial charge in [0.2, 0.25) is 0 Å². The molecule has 7 nitrogen and oxygen atoms in total. The van der Waals surface area contributed by atoms with Crippen LogP contribution in [-0.4, -0.2) is 71.8 Å². The molecule has 0 aromatic heterocycles. The summed E-state index contributed by atoms with van der Waals surface area (Å²) in [4.78, 5) is 0. The van der Waals surface area contributed by atoms with Crippen LogP contribution in [0.15, 0.2) is 29.5 Å². The SMILES string of the molecule is COc1ccc(CO[C@@H]2C[C@@H](CC/C(=C\CCC3CCCCO3)[Si](C)(C)C)O[C@@H]2[C@H]2COC(C)(C)O2)c(OC)c1. The van der Waals surface area contributed by atoms with Gasteiger partial charge in [-0.1, -0.05) is 30.9 Å². The highest BCUT2D eigenvalue weighted by molar-refractivity contribution is 6.83. The fraction of sp³-hybridized carbons (Fsp3) is 0.750. The molecular weight excluding hydrogens is 524 g/mol. The molecule has 3 aliphatic rings. The molecule has 3 aliphatic heterocycles. The van der Waals surface area contributed by atoms with Gasteiger partial charge in [-0.15, -0.1) is 0 Å². The smallest absolute Gasteiger partial charge is 0.163 e. The zero-order valence-electron chi connectivity index (χ0n) is 25.8. The van der Waals surface area contributed by atoms with Crippen molar-refractivity contribution in [3.8, 4) is 11.5 Å². The third kappa shape index (κ3) is 8.79. The first-order valence-corrected chi connectivity index (χ1v) is 18.7. The second kappa shape index (κ2) is 14.2. The van der Waals surface area contributed by atoms with Crippen molar-refractivity contribution in [2.75, 3.05) is 27.4 Å². The normalized spacial score (nSPS) is 29.1. The van der Waals surface area contributed by atoms with Gasteiger partial charge in [0.15, 0.2) is 5.79 Å². The third-order valence-corrected chi connectivity index (χ3v) is 10.8. The molecule has 0 radical (unpaired) electrons. The van der Waals surface area contributed by atoms with E-state index in [0.717, 1.165) is 55.8 Å². The van der Waals surface area contributed by atoms with Crippen molar-refractivity contribution in [1.29, 1.82) is 0 Å². The first kappa shape index (κ1) is 31.5. The van der Waals surface area contributed by atoms with Crippen molar-refractivity contribution in [3.05, 3.63) is 35.0 Å². The van der Waals surface area contributed by atoms with E-state index < -0.39 is 13.9 Å². The highest BCUT2D eigenvalue weighted by Gasteiger charge is 2.46. The van der Waals surface area contributed by atoms with Gasteiger partial charge >= 0.3 is 0 Å². The van der Waals surface area contributed by atoms with Crippen LogP contribution in [0.3, 0.4) is 0 Å². The Morgan fingerprint density at radius 2 is 1.90 bits per heavy atom. The fourth-order valence-electron chi connectivity index (χ4n) is 6.06. The Balaban J connectivity index is 1.39. The van der Waals surface area contributed by atoms with Crippen LogP contribution in [-0.2, 0) is 30.3 Å². The average Bonchev–Trinajstić information content (AvgIpc) is 3.51. The van der Waals surface area contributed by atoms with Gasteiger partial charge in [-0.2, -0.15) is 0 Å². The van der Waals surface area contributed by atoms with Crippen molar-refractivity contribution in [3.63, 3.8) is 0 Å². The van der Waals surface area contributed by atoms with Crippen LogP contribution < -0.4 is 9.47 Å². The van der Waals surface area contributed by atoms with Crippen LogP contribution in [0.2, 0.25) is 19.6 Å². The summed E-state index contributed by atoms with van der Waals surface area (Å²) < 4.78 is 42.3. The summed E-state index contributed by atoms with van der Waals surface area (Å²) in [6, 6.07) is 5.83. The number of allylic oxidation sites excluding steroid dienone is 2. The first-order chi connectivity index (χ1) is 19.1. The van der Waals surface area contributed by atoms with Gasteiger partial charge in [-0.3, -0.25) is 0 Å². The Bertz CT molecular complexity index is 967. The van der Waals surface area contributed by atoms with E-state index in [9.17, 15) is 0 Å². The van der Waals surface area contributed by atoms with Crippen molar-refractivity contribution < 1.29 is 33.2 Å². The molecule has 8 heteroatoms. The van der Waals surface area contributed by atoms with Gasteiger partial charge in [0, 0.05) is 24.7 Å². The molecule has 0 saturated carbocycles. The molecule has 5 atom stereocenters. The molecule has 4 rings (SSSR count). The lowest BCUT2D eigenvalue weighted by atomic mass is 10.0. The van der Waals surface area contributed by atoms with Gasteiger partial charge < -0.3 is 33.2 Å². The van der Waals surface area contributed by atoms with Crippen molar-refractivity contribution in [2.24, 2.45) is 0 Å². The highest BCUT2D eigenvalue weighted by Crippen LogP contribution is 2.37. The standard InChI is InChI=1S/C32H52O7Si/c1-32(2)37-22-30(39-32)31-29(36-21-23-14-15-25(33-3)19-28(23)34-4)20-26(38-31)16-17-27(40(5,6)7)13-10-12-24-11-8-9-18-35-24/h13-15,19,24,26,29-31H,8-12,16-18,20-22H2,1-7H3/b27-13+/t24?,26-,29-,30-,31+/m1/s1. The molecule has 226 valence electrons. The number of hydrogen-bond donors (Lipinski definition) is 0. The molecule has 0 bridgehead atoms. The van der Waals surface area contributed by atoms with E-state index in [1.54, 1.807) is 19.4 Å². The molecule has 3 saturated heterocycles. The summed E-state index contributed by atoms with van der Waals surface area (Å²) in [5, 5.41) is 1.64. The van der Waals surface area contributed by atoms with Crippen LogP contribution in [0.25, 0.3) is 0 Å². The highest BCUT2D eigenvalue weighted by atomic mass is 28.3. The lowest BCUT2D eigenvalue weighted by molar-refractivity contribution is -0.164. The topological polar surface area (TPSA) is 64.6 Å². The average molecular weight is 577 g/mol. The van der Waals surface area contributed by atoms with E-state index in [-0.39, 0.29) is 24.4 Å².